The van der Waals surface area contributed by atoms with Gasteiger partial charge in [0.2, 0.25) is 0 Å². The largest absolute Gasteiger partial charge is 0.322 e. The topological polar surface area (TPSA) is 51.8 Å². The lowest BCUT2D eigenvalue weighted by molar-refractivity contribution is 0.194. The summed E-state index contributed by atoms with van der Waals surface area (Å²) in [7, 11) is 0. The fraction of sp³-hybridized carbons (Fsp3) is 0.692. The Morgan fingerprint density at radius 2 is 2.19 bits per heavy atom. The first-order chi connectivity index (χ1) is 7.83. The van der Waals surface area contributed by atoms with Crippen LogP contribution in [0.3, 0.4) is 0 Å². The van der Waals surface area contributed by atoms with Gasteiger partial charge in [-0.25, -0.2) is 0 Å². The Hall–Kier alpha value is -0.960. The maximum atomic E-state index is 6.33. The Morgan fingerprint density at radius 1 is 1.38 bits per heavy atom. The minimum atomic E-state index is 0.0685. The summed E-state index contributed by atoms with van der Waals surface area (Å²) < 4.78 is 0. The molecule has 3 unspecified atom stereocenters. The average molecular weight is 219 g/mol. The van der Waals surface area contributed by atoms with Crippen LogP contribution >= 0.6 is 0 Å². The van der Waals surface area contributed by atoms with Crippen molar-refractivity contribution < 1.29 is 0 Å². The molecule has 0 saturated heterocycles. The summed E-state index contributed by atoms with van der Waals surface area (Å²) in [6.07, 6.45) is 11.7. The number of nitrogens with two attached hydrogens (primary N) is 1. The Morgan fingerprint density at radius 3 is 2.88 bits per heavy atom. The summed E-state index contributed by atoms with van der Waals surface area (Å²) in [6.45, 7) is 2.27. The summed E-state index contributed by atoms with van der Waals surface area (Å²) in [4.78, 5) is 8.44. The molecule has 0 aliphatic heterocycles. The molecule has 16 heavy (non-hydrogen) atoms. The van der Waals surface area contributed by atoms with Crippen molar-refractivity contribution in [1.82, 2.24) is 9.97 Å². The van der Waals surface area contributed by atoms with Crippen LogP contribution in [-0.4, -0.2) is 9.97 Å². The van der Waals surface area contributed by atoms with Crippen LogP contribution in [0.4, 0.5) is 0 Å². The number of hydrogen-bond acceptors (Lipinski definition) is 3. The van der Waals surface area contributed by atoms with E-state index in [2.05, 4.69) is 16.9 Å². The summed E-state index contributed by atoms with van der Waals surface area (Å²) in [5.41, 5.74) is 7.28. The van der Waals surface area contributed by atoms with Crippen molar-refractivity contribution in [2.75, 3.05) is 0 Å². The van der Waals surface area contributed by atoms with Gasteiger partial charge in [-0.15, -0.1) is 0 Å². The number of rotatable bonds is 3. The minimum absolute atomic E-state index is 0.0685. The van der Waals surface area contributed by atoms with Crippen LogP contribution in [0.25, 0.3) is 0 Å². The van der Waals surface area contributed by atoms with Crippen LogP contribution < -0.4 is 5.73 Å². The van der Waals surface area contributed by atoms with Crippen LogP contribution in [0.2, 0.25) is 0 Å². The smallest absolute Gasteiger partial charge is 0.0756 e. The van der Waals surface area contributed by atoms with Crippen molar-refractivity contribution >= 4 is 0 Å². The molecule has 0 radical (unpaired) electrons. The van der Waals surface area contributed by atoms with Crippen LogP contribution in [0.1, 0.15) is 50.8 Å². The van der Waals surface area contributed by atoms with Gasteiger partial charge in [-0.1, -0.05) is 32.6 Å². The summed E-state index contributed by atoms with van der Waals surface area (Å²) in [5, 5.41) is 0. The molecule has 88 valence electrons. The van der Waals surface area contributed by atoms with Crippen molar-refractivity contribution in [3.05, 3.63) is 24.3 Å². The molecular weight excluding hydrogens is 198 g/mol. The first kappa shape index (κ1) is 11.5. The summed E-state index contributed by atoms with van der Waals surface area (Å²) in [6, 6.07) is 0.0685. The maximum absolute atomic E-state index is 6.33. The van der Waals surface area contributed by atoms with Gasteiger partial charge in [-0.2, -0.15) is 0 Å². The summed E-state index contributed by atoms with van der Waals surface area (Å²) >= 11 is 0. The fourth-order valence-corrected chi connectivity index (χ4v) is 2.92. The van der Waals surface area contributed by atoms with E-state index in [9.17, 15) is 0 Å². The minimum Gasteiger partial charge on any atom is -0.322 e. The standard InChI is InChI=1S/C13H21N3/c1-2-10-5-3-4-6-11(10)13(14)12-9-15-7-8-16-12/h7-11,13H,2-6,14H2,1H3. The third-order valence-electron chi connectivity index (χ3n) is 3.88. The van der Waals surface area contributed by atoms with E-state index in [1.165, 1.54) is 32.1 Å². The molecule has 3 atom stereocenters. The lowest BCUT2D eigenvalue weighted by atomic mass is 9.73. The normalized spacial score (nSPS) is 27.6. The predicted molar refractivity (Wildman–Crippen MR) is 64.7 cm³/mol. The van der Waals surface area contributed by atoms with Crippen LogP contribution in [0, 0.1) is 11.8 Å². The van der Waals surface area contributed by atoms with Gasteiger partial charge in [0.1, 0.15) is 0 Å². The first-order valence-electron chi connectivity index (χ1n) is 6.34. The first-order valence-corrected chi connectivity index (χ1v) is 6.34. The van der Waals surface area contributed by atoms with E-state index in [4.69, 9.17) is 5.73 Å². The molecule has 1 saturated carbocycles. The highest BCUT2D eigenvalue weighted by Crippen LogP contribution is 2.38. The van der Waals surface area contributed by atoms with E-state index in [1.54, 1.807) is 12.4 Å². The molecule has 1 aliphatic carbocycles. The molecule has 2 rings (SSSR count). The van der Waals surface area contributed by atoms with Gasteiger partial charge in [0.25, 0.3) is 0 Å². The molecule has 1 heterocycles. The molecule has 1 aromatic rings. The fourth-order valence-electron chi connectivity index (χ4n) is 2.92. The van der Waals surface area contributed by atoms with Gasteiger partial charge in [-0.05, 0) is 18.3 Å². The average Bonchev–Trinajstić information content (AvgIpc) is 2.39. The Balaban J connectivity index is 2.10. The number of nitrogens with zero attached hydrogens (tertiary/aromatic N) is 2. The van der Waals surface area contributed by atoms with E-state index in [0.29, 0.717) is 5.92 Å². The zero-order chi connectivity index (χ0) is 11.4. The molecule has 2 N–H and O–H groups in total. The van der Waals surface area contributed by atoms with Crippen LogP contribution in [0.15, 0.2) is 18.6 Å². The monoisotopic (exact) mass is 219 g/mol. The lowest BCUT2D eigenvalue weighted by Crippen LogP contribution is -2.31. The molecule has 0 spiro atoms. The Labute approximate surface area is 97.5 Å². The van der Waals surface area contributed by atoms with Gasteiger partial charge < -0.3 is 5.73 Å². The van der Waals surface area contributed by atoms with E-state index in [0.717, 1.165) is 11.6 Å². The van der Waals surface area contributed by atoms with E-state index in [-0.39, 0.29) is 6.04 Å². The van der Waals surface area contributed by atoms with Crippen molar-refractivity contribution in [2.24, 2.45) is 17.6 Å². The Bertz CT molecular complexity index is 312. The second kappa shape index (κ2) is 5.39. The highest BCUT2D eigenvalue weighted by atomic mass is 14.8. The third kappa shape index (κ3) is 2.40. The molecular formula is C13H21N3. The Kier molecular flexibility index (Phi) is 3.88. The molecule has 3 nitrogen and oxygen atoms in total. The van der Waals surface area contributed by atoms with E-state index in [1.807, 2.05) is 6.20 Å². The van der Waals surface area contributed by atoms with Crippen LogP contribution in [-0.2, 0) is 0 Å². The highest BCUT2D eigenvalue weighted by Gasteiger charge is 2.30. The quantitative estimate of drug-likeness (QED) is 0.850. The van der Waals surface area contributed by atoms with Crippen LogP contribution in [0.5, 0.6) is 0 Å². The second-order valence-corrected chi connectivity index (χ2v) is 4.77. The molecule has 1 aromatic heterocycles. The van der Waals surface area contributed by atoms with Gasteiger partial charge in [0.05, 0.1) is 11.7 Å². The zero-order valence-electron chi connectivity index (χ0n) is 9.97. The summed E-state index contributed by atoms with van der Waals surface area (Å²) in [5.74, 6) is 1.36. The zero-order valence-corrected chi connectivity index (χ0v) is 9.97. The van der Waals surface area contributed by atoms with Crippen molar-refractivity contribution in [2.45, 2.75) is 45.1 Å². The number of aromatic nitrogens is 2. The number of hydrogen-bond donors (Lipinski definition) is 1. The SMILES string of the molecule is CCC1CCCCC1C(N)c1cnccn1. The maximum Gasteiger partial charge on any atom is 0.0756 e. The molecule has 3 heteroatoms. The molecule has 1 fully saturated rings. The molecule has 0 amide bonds. The lowest BCUT2D eigenvalue weighted by Gasteiger charge is -2.34. The van der Waals surface area contributed by atoms with E-state index >= 15 is 0 Å². The van der Waals surface area contributed by atoms with Gasteiger partial charge in [0, 0.05) is 18.6 Å². The second-order valence-electron chi connectivity index (χ2n) is 4.77. The predicted octanol–water partition coefficient (Wildman–Crippen LogP) is 2.69. The van der Waals surface area contributed by atoms with Gasteiger partial charge >= 0.3 is 0 Å². The molecule has 0 aromatic carbocycles. The highest BCUT2D eigenvalue weighted by molar-refractivity contribution is 5.04. The van der Waals surface area contributed by atoms with Gasteiger partial charge in [0.15, 0.2) is 0 Å². The molecule has 1 aliphatic rings. The third-order valence-corrected chi connectivity index (χ3v) is 3.88. The van der Waals surface area contributed by atoms with Crippen molar-refractivity contribution in [1.29, 1.82) is 0 Å². The van der Waals surface area contributed by atoms with Crippen molar-refractivity contribution in [3.63, 3.8) is 0 Å². The van der Waals surface area contributed by atoms with E-state index < -0.39 is 0 Å². The van der Waals surface area contributed by atoms with Gasteiger partial charge in [-0.3, -0.25) is 9.97 Å². The molecule has 0 bridgehead atoms. The van der Waals surface area contributed by atoms with Crippen molar-refractivity contribution in [3.8, 4) is 0 Å².